The second kappa shape index (κ2) is 6.85. The summed E-state index contributed by atoms with van der Waals surface area (Å²) in [5.41, 5.74) is 0.984. The Labute approximate surface area is 153 Å². The van der Waals surface area contributed by atoms with Crippen LogP contribution in [0.3, 0.4) is 0 Å². The lowest BCUT2D eigenvalue weighted by molar-refractivity contribution is -0.122. The summed E-state index contributed by atoms with van der Waals surface area (Å²) in [5, 5.41) is 8.06. The Morgan fingerprint density at radius 2 is 2.08 bits per heavy atom. The molecule has 0 aliphatic rings. The third kappa shape index (κ3) is 3.52. The molecule has 2 aromatic heterocycles. The molecule has 130 valence electrons. The van der Waals surface area contributed by atoms with Crippen molar-refractivity contribution in [2.24, 2.45) is 7.05 Å². The summed E-state index contributed by atoms with van der Waals surface area (Å²) < 4.78 is 2.76. The summed E-state index contributed by atoms with van der Waals surface area (Å²) in [6, 6.07) is 4.87. The maximum atomic E-state index is 12.4. The molecule has 7 nitrogen and oxygen atoms in total. The molecule has 0 spiro atoms. The predicted molar refractivity (Wildman–Crippen MR) is 95.8 cm³/mol. The van der Waals surface area contributed by atoms with E-state index in [4.69, 9.17) is 23.2 Å². The SMILES string of the molecule is CC(NC(=O)Cn1cnc2c(cnn2C)c1=O)c1ccc(Cl)c(Cl)c1. The molecule has 3 rings (SSSR count). The number of aryl methyl sites for hydroxylation is 1. The van der Waals surface area contributed by atoms with Crippen LogP contribution >= 0.6 is 23.2 Å². The topological polar surface area (TPSA) is 81.8 Å². The van der Waals surface area contributed by atoms with Crippen LogP contribution in [-0.2, 0) is 18.4 Å². The highest BCUT2D eigenvalue weighted by atomic mass is 35.5. The van der Waals surface area contributed by atoms with E-state index in [0.717, 1.165) is 5.56 Å². The van der Waals surface area contributed by atoms with Gasteiger partial charge in [-0.25, -0.2) is 4.98 Å². The van der Waals surface area contributed by atoms with Crippen LogP contribution in [0.25, 0.3) is 11.0 Å². The lowest BCUT2D eigenvalue weighted by Crippen LogP contribution is -2.33. The largest absolute Gasteiger partial charge is 0.348 e. The summed E-state index contributed by atoms with van der Waals surface area (Å²) in [6.45, 7) is 1.69. The number of nitrogens with one attached hydrogen (secondary N) is 1. The maximum absolute atomic E-state index is 12.4. The van der Waals surface area contributed by atoms with E-state index in [-0.39, 0.29) is 24.1 Å². The molecule has 0 fully saturated rings. The molecule has 0 aliphatic heterocycles. The highest BCUT2D eigenvalue weighted by Crippen LogP contribution is 2.25. The average molecular weight is 380 g/mol. The Bertz CT molecular complexity index is 1010. The van der Waals surface area contributed by atoms with E-state index >= 15 is 0 Å². The summed E-state index contributed by atoms with van der Waals surface area (Å²) >= 11 is 11.9. The quantitative estimate of drug-likeness (QED) is 0.753. The van der Waals surface area contributed by atoms with Crippen LogP contribution in [0, 0.1) is 0 Å². The molecule has 2 heterocycles. The van der Waals surface area contributed by atoms with Crippen molar-refractivity contribution >= 4 is 40.1 Å². The number of amides is 1. The molecule has 3 aromatic rings. The van der Waals surface area contributed by atoms with Gasteiger partial charge >= 0.3 is 0 Å². The molecule has 1 N–H and O–H groups in total. The van der Waals surface area contributed by atoms with Gasteiger partial charge in [-0.1, -0.05) is 29.3 Å². The molecule has 1 amide bonds. The van der Waals surface area contributed by atoms with Crippen LogP contribution in [-0.4, -0.2) is 25.2 Å². The van der Waals surface area contributed by atoms with Gasteiger partial charge in [0.15, 0.2) is 5.65 Å². The number of carbonyl (C=O) groups excluding carboxylic acids is 1. The third-order valence-electron chi connectivity index (χ3n) is 3.85. The number of aromatic nitrogens is 4. The van der Waals surface area contributed by atoms with E-state index in [1.165, 1.54) is 21.8 Å². The van der Waals surface area contributed by atoms with Gasteiger partial charge in [-0.2, -0.15) is 5.10 Å². The van der Waals surface area contributed by atoms with Gasteiger partial charge in [0.25, 0.3) is 5.56 Å². The van der Waals surface area contributed by atoms with E-state index in [1.54, 1.807) is 25.2 Å². The Balaban J connectivity index is 1.75. The first-order valence-electron chi connectivity index (χ1n) is 7.48. The second-order valence-corrected chi connectivity index (χ2v) is 6.46. The van der Waals surface area contributed by atoms with Gasteiger partial charge in [0.1, 0.15) is 18.3 Å². The molecule has 0 radical (unpaired) electrons. The molecule has 1 aromatic carbocycles. The van der Waals surface area contributed by atoms with Gasteiger partial charge < -0.3 is 5.32 Å². The first-order valence-corrected chi connectivity index (χ1v) is 8.24. The molecule has 1 unspecified atom stereocenters. The third-order valence-corrected chi connectivity index (χ3v) is 4.59. The first kappa shape index (κ1) is 17.4. The molecule has 0 bridgehead atoms. The number of fused-ring (bicyclic) bond motifs is 1. The minimum Gasteiger partial charge on any atom is -0.348 e. The number of carbonyl (C=O) groups is 1. The molecule has 9 heteroatoms. The predicted octanol–water partition coefficient (Wildman–Crippen LogP) is 2.31. The number of hydrogen-bond acceptors (Lipinski definition) is 4. The van der Waals surface area contributed by atoms with Crippen LogP contribution in [0.4, 0.5) is 0 Å². The smallest absolute Gasteiger partial charge is 0.264 e. The Morgan fingerprint density at radius 3 is 2.80 bits per heavy atom. The van der Waals surface area contributed by atoms with Crippen molar-refractivity contribution in [3.8, 4) is 0 Å². The fourth-order valence-electron chi connectivity index (χ4n) is 2.49. The van der Waals surface area contributed by atoms with Gasteiger partial charge in [-0.3, -0.25) is 18.8 Å². The normalized spacial score (nSPS) is 12.3. The summed E-state index contributed by atoms with van der Waals surface area (Å²) in [4.78, 5) is 28.8. The second-order valence-electron chi connectivity index (χ2n) is 5.65. The monoisotopic (exact) mass is 379 g/mol. The van der Waals surface area contributed by atoms with E-state index in [2.05, 4.69) is 15.4 Å². The minimum atomic E-state index is -0.314. The maximum Gasteiger partial charge on any atom is 0.264 e. The lowest BCUT2D eigenvalue weighted by Gasteiger charge is -2.15. The van der Waals surface area contributed by atoms with Crippen molar-refractivity contribution in [3.63, 3.8) is 0 Å². The fourth-order valence-corrected chi connectivity index (χ4v) is 2.79. The van der Waals surface area contributed by atoms with Gasteiger partial charge in [0.05, 0.1) is 22.3 Å². The van der Waals surface area contributed by atoms with E-state index in [9.17, 15) is 9.59 Å². The highest BCUT2D eigenvalue weighted by molar-refractivity contribution is 6.42. The Morgan fingerprint density at radius 1 is 1.32 bits per heavy atom. The summed E-state index contributed by atoms with van der Waals surface area (Å²) in [7, 11) is 1.70. The molecular weight excluding hydrogens is 365 g/mol. The zero-order valence-corrected chi connectivity index (χ0v) is 15.0. The van der Waals surface area contributed by atoms with Crippen LogP contribution in [0.5, 0.6) is 0 Å². The van der Waals surface area contributed by atoms with Crippen LogP contribution in [0.1, 0.15) is 18.5 Å². The van der Waals surface area contributed by atoms with Gasteiger partial charge in [0.2, 0.25) is 5.91 Å². The van der Waals surface area contributed by atoms with Crippen molar-refractivity contribution in [1.82, 2.24) is 24.6 Å². The number of benzene rings is 1. The zero-order valence-electron chi connectivity index (χ0n) is 13.5. The molecule has 0 saturated heterocycles. The Kier molecular flexibility index (Phi) is 4.78. The van der Waals surface area contributed by atoms with E-state index in [0.29, 0.717) is 21.1 Å². The number of hydrogen-bond donors (Lipinski definition) is 1. The van der Waals surface area contributed by atoms with Crippen molar-refractivity contribution in [3.05, 3.63) is 56.7 Å². The standard InChI is InChI=1S/C16H15Cl2N5O2/c1-9(10-3-4-12(17)13(18)5-10)21-14(24)7-23-8-19-15-11(16(23)25)6-20-22(15)2/h3-6,8-9H,7H2,1-2H3,(H,21,24). The highest BCUT2D eigenvalue weighted by Gasteiger charge is 2.14. The molecule has 0 aliphatic carbocycles. The fraction of sp³-hybridized carbons (Fsp3) is 0.250. The van der Waals surface area contributed by atoms with Gasteiger partial charge in [-0.15, -0.1) is 0 Å². The van der Waals surface area contributed by atoms with Crippen molar-refractivity contribution in [1.29, 1.82) is 0 Å². The molecule has 1 atom stereocenters. The van der Waals surface area contributed by atoms with Gasteiger partial charge in [0, 0.05) is 7.05 Å². The Hall–Kier alpha value is -2.38. The van der Waals surface area contributed by atoms with Crippen molar-refractivity contribution in [2.45, 2.75) is 19.5 Å². The van der Waals surface area contributed by atoms with Crippen LogP contribution < -0.4 is 10.9 Å². The molecule has 25 heavy (non-hydrogen) atoms. The zero-order chi connectivity index (χ0) is 18.1. The number of halogens is 2. The lowest BCUT2D eigenvalue weighted by atomic mass is 10.1. The van der Waals surface area contributed by atoms with Crippen molar-refractivity contribution < 1.29 is 4.79 Å². The van der Waals surface area contributed by atoms with Crippen LogP contribution in [0.15, 0.2) is 35.5 Å². The van der Waals surface area contributed by atoms with Crippen LogP contribution in [0.2, 0.25) is 10.0 Å². The van der Waals surface area contributed by atoms with E-state index < -0.39 is 0 Å². The van der Waals surface area contributed by atoms with Crippen molar-refractivity contribution in [2.75, 3.05) is 0 Å². The average Bonchev–Trinajstić information content (AvgIpc) is 2.94. The summed E-state index contributed by atoms with van der Waals surface area (Å²) in [5.74, 6) is -0.314. The summed E-state index contributed by atoms with van der Waals surface area (Å²) in [6.07, 6.45) is 2.78. The minimum absolute atomic E-state index is 0.137. The molecule has 0 saturated carbocycles. The van der Waals surface area contributed by atoms with E-state index in [1.807, 2.05) is 6.92 Å². The first-order chi connectivity index (χ1) is 11.9. The number of rotatable bonds is 4. The molecular formula is C16H15Cl2N5O2. The van der Waals surface area contributed by atoms with Gasteiger partial charge in [-0.05, 0) is 24.6 Å². The number of nitrogens with zero attached hydrogens (tertiary/aromatic N) is 4.